The molecule has 0 fully saturated rings. The Balaban J connectivity index is 1.31. The second-order valence-corrected chi connectivity index (χ2v) is 6.86. The van der Waals surface area contributed by atoms with Crippen LogP contribution in [0.4, 0.5) is 0 Å². The SMILES string of the molecule is O=C(NC[C@H](O)CN1CCc2ccccc2C1)c1cnc2ccccc2n1. The lowest BCUT2D eigenvalue weighted by Crippen LogP contribution is -2.42. The first-order chi connectivity index (χ1) is 13.2. The summed E-state index contributed by atoms with van der Waals surface area (Å²) in [4.78, 5) is 23.1. The molecule has 0 bridgehead atoms. The zero-order valence-electron chi connectivity index (χ0n) is 15.0. The number of rotatable bonds is 5. The number of aliphatic hydroxyl groups excluding tert-OH is 1. The van der Waals surface area contributed by atoms with Gasteiger partial charge < -0.3 is 10.4 Å². The van der Waals surface area contributed by atoms with Gasteiger partial charge >= 0.3 is 0 Å². The molecule has 138 valence electrons. The van der Waals surface area contributed by atoms with Crippen LogP contribution >= 0.6 is 0 Å². The average molecular weight is 362 g/mol. The number of β-amino-alcohol motifs (C(OH)–C–C–N with tert-alkyl or cyclic N) is 1. The van der Waals surface area contributed by atoms with Gasteiger partial charge in [-0.25, -0.2) is 4.98 Å². The average Bonchev–Trinajstić information content (AvgIpc) is 2.71. The Morgan fingerprint density at radius 2 is 1.85 bits per heavy atom. The normalized spacial score (nSPS) is 15.3. The molecule has 6 heteroatoms. The Morgan fingerprint density at radius 3 is 2.70 bits per heavy atom. The molecule has 0 radical (unpaired) electrons. The van der Waals surface area contributed by atoms with E-state index in [0.717, 1.165) is 25.0 Å². The number of carbonyl (C=O) groups excluding carboxylic acids is 1. The van der Waals surface area contributed by atoms with Crippen molar-refractivity contribution in [3.05, 3.63) is 71.5 Å². The van der Waals surface area contributed by atoms with Crippen LogP contribution in [0, 0.1) is 0 Å². The largest absolute Gasteiger partial charge is 0.390 e. The fourth-order valence-corrected chi connectivity index (χ4v) is 3.44. The van der Waals surface area contributed by atoms with Crippen molar-refractivity contribution >= 4 is 16.9 Å². The highest BCUT2D eigenvalue weighted by Gasteiger charge is 2.19. The molecule has 0 unspecified atom stereocenters. The monoisotopic (exact) mass is 362 g/mol. The third-order valence-electron chi connectivity index (χ3n) is 4.86. The fourth-order valence-electron chi connectivity index (χ4n) is 3.44. The highest BCUT2D eigenvalue weighted by molar-refractivity contribution is 5.93. The molecule has 2 heterocycles. The summed E-state index contributed by atoms with van der Waals surface area (Å²) in [6, 6.07) is 15.8. The molecule has 2 aromatic carbocycles. The summed E-state index contributed by atoms with van der Waals surface area (Å²) < 4.78 is 0. The van der Waals surface area contributed by atoms with Crippen molar-refractivity contribution in [1.82, 2.24) is 20.2 Å². The van der Waals surface area contributed by atoms with Gasteiger partial charge in [-0.3, -0.25) is 14.7 Å². The van der Waals surface area contributed by atoms with Crippen molar-refractivity contribution in [2.45, 2.75) is 19.1 Å². The molecule has 1 atom stereocenters. The molecular formula is C21H22N4O2. The number of amides is 1. The highest BCUT2D eigenvalue weighted by atomic mass is 16.3. The van der Waals surface area contributed by atoms with Gasteiger partial charge in [-0.2, -0.15) is 0 Å². The van der Waals surface area contributed by atoms with Gasteiger partial charge in [-0.05, 0) is 29.7 Å². The summed E-state index contributed by atoms with van der Waals surface area (Å²) in [5.41, 5.74) is 4.38. The predicted molar refractivity (Wildman–Crippen MR) is 103 cm³/mol. The van der Waals surface area contributed by atoms with Crippen LogP contribution in [0.5, 0.6) is 0 Å². The van der Waals surface area contributed by atoms with E-state index in [9.17, 15) is 9.90 Å². The summed E-state index contributed by atoms with van der Waals surface area (Å²) in [6.07, 6.45) is 1.82. The minimum Gasteiger partial charge on any atom is -0.390 e. The van der Waals surface area contributed by atoms with Crippen LogP contribution in [0.3, 0.4) is 0 Å². The van der Waals surface area contributed by atoms with E-state index in [-0.39, 0.29) is 18.1 Å². The fraction of sp³-hybridized carbons (Fsp3) is 0.286. The van der Waals surface area contributed by atoms with E-state index in [1.807, 2.05) is 30.3 Å². The Morgan fingerprint density at radius 1 is 1.11 bits per heavy atom. The van der Waals surface area contributed by atoms with Gasteiger partial charge in [0, 0.05) is 26.2 Å². The lowest BCUT2D eigenvalue weighted by atomic mass is 10.00. The van der Waals surface area contributed by atoms with E-state index in [1.54, 1.807) is 0 Å². The standard InChI is InChI=1S/C21H22N4O2/c26-17(14-25-10-9-15-5-1-2-6-16(15)13-25)11-23-21(27)20-12-22-18-7-3-4-8-19(18)24-20/h1-8,12,17,26H,9-11,13-14H2,(H,23,27)/t17-/m0/s1. The molecule has 4 rings (SSSR count). The minimum absolute atomic E-state index is 0.186. The zero-order valence-corrected chi connectivity index (χ0v) is 15.0. The molecule has 1 aliphatic heterocycles. The van der Waals surface area contributed by atoms with E-state index < -0.39 is 6.10 Å². The molecule has 0 aliphatic carbocycles. The molecule has 6 nitrogen and oxygen atoms in total. The maximum absolute atomic E-state index is 12.3. The van der Waals surface area contributed by atoms with Crippen LogP contribution in [0.15, 0.2) is 54.7 Å². The molecule has 1 aromatic heterocycles. The van der Waals surface area contributed by atoms with Crippen molar-refractivity contribution in [2.75, 3.05) is 19.6 Å². The topological polar surface area (TPSA) is 78.4 Å². The van der Waals surface area contributed by atoms with E-state index >= 15 is 0 Å². The number of hydrogen-bond donors (Lipinski definition) is 2. The highest BCUT2D eigenvalue weighted by Crippen LogP contribution is 2.18. The van der Waals surface area contributed by atoms with Crippen molar-refractivity contribution in [3.63, 3.8) is 0 Å². The summed E-state index contributed by atoms with van der Waals surface area (Å²) in [5.74, 6) is -0.323. The third kappa shape index (κ3) is 4.13. The zero-order chi connectivity index (χ0) is 18.6. The van der Waals surface area contributed by atoms with Gasteiger partial charge in [0.05, 0.1) is 23.3 Å². The lowest BCUT2D eigenvalue weighted by molar-refractivity contribution is 0.0838. The number of benzene rings is 2. The smallest absolute Gasteiger partial charge is 0.271 e. The number of nitrogens with one attached hydrogen (secondary N) is 1. The minimum atomic E-state index is -0.632. The van der Waals surface area contributed by atoms with Gasteiger partial charge in [0.15, 0.2) is 0 Å². The number of hydrogen-bond acceptors (Lipinski definition) is 5. The predicted octanol–water partition coefficient (Wildman–Crippen LogP) is 1.78. The quantitative estimate of drug-likeness (QED) is 0.723. The van der Waals surface area contributed by atoms with Gasteiger partial charge in [0.2, 0.25) is 0 Å². The van der Waals surface area contributed by atoms with E-state index in [0.29, 0.717) is 12.1 Å². The second-order valence-electron chi connectivity index (χ2n) is 6.86. The van der Waals surface area contributed by atoms with Crippen LogP contribution in [-0.2, 0) is 13.0 Å². The first-order valence-electron chi connectivity index (χ1n) is 9.16. The van der Waals surface area contributed by atoms with Crippen molar-refractivity contribution < 1.29 is 9.90 Å². The third-order valence-corrected chi connectivity index (χ3v) is 4.86. The summed E-state index contributed by atoms with van der Waals surface area (Å²) in [5, 5.41) is 13.1. The molecule has 3 aromatic rings. The van der Waals surface area contributed by atoms with Crippen LogP contribution in [0.1, 0.15) is 21.6 Å². The Hall–Kier alpha value is -2.83. The van der Waals surface area contributed by atoms with E-state index in [2.05, 4.69) is 38.4 Å². The van der Waals surface area contributed by atoms with Gasteiger partial charge in [0.1, 0.15) is 5.69 Å². The van der Waals surface area contributed by atoms with Crippen LogP contribution in [0.2, 0.25) is 0 Å². The molecule has 0 saturated carbocycles. The van der Waals surface area contributed by atoms with Crippen LogP contribution in [-0.4, -0.2) is 51.6 Å². The lowest BCUT2D eigenvalue weighted by Gasteiger charge is -2.30. The molecule has 1 aliphatic rings. The molecule has 0 spiro atoms. The van der Waals surface area contributed by atoms with Gasteiger partial charge in [0.25, 0.3) is 5.91 Å². The maximum Gasteiger partial charge on any atom is 0.271 e. The van der Waals surface area contributed by atoms with Crippen LogP contribution < -0.4 is 5.32 Å². The molecule has 1 amide bonds. The van der Waals surface area contributed by atoms with Gasteiger partial charge in [-0.15, -0.1) is 0 Å². The number of carbonyl (C=O) groups is 1. The first kappa shape index (κ1) is 17.6. The molecular weight excluding hydrogens is 340 g/mol. The van der Waals surface area contributed by atoms with Gasteiger partial charge in [-0.1, -0.05) is 36.4 Å². The number of fused-ring (bicyclic) bond motifs is 2. The van der Waals surface area contributed by atoms with Crippen molar-refractivity contribution in [3.8, 4) is 0 Å². The van der Waals surface area contributed by atoms with Crippen LogP contribution in [0.25, 0.3) is 11.0 Å². The number of aliphatic hydroxyl groups is 1. The Labute approximate surface area is 157 Å². The Bertz CT molecular complexity index is 960. The summed E-state index contributed by atoms with van der Waals surface area (Å²) in [7, 11) is 0. The van der Waals surface area contributed by atoms with E-state index in [1.165, 1.54) is 17.3 Å². The summed E-state index contributed by atoms with van der Waals surface area (Å²) in [6.45, 7) is 2.46. The Kier molecular flexibility index (Phi) is 5.09. The van der Waals surface area contributed by atoms with Crippen molar-refractivity contribution in [1.29, 1.82) is 0 Å². The summed E-state index contributed by atoms with van der Waals surface area (Å²) >= 11 is 0. The number of aromatic nitrogens is 2. The molecule has 2 N–H and O–H groups in total. The molecule has 0 saturated heterocycles. The van der Waals surface area contributed by atoms with E-state index in [4.69, 9.17) is 0 Å². The number of para-hydroxylation sites is 2. The maximum atomic E-state index is 12.3. The van der Waals surface area contributed by atoms with Crippen molar-refractivity contribution in [2.24, 2.45) is 0 Å². The second kappa shape index (κ2) is 7.82. The first-order valence-corrected chi connectivity index (χ1v) is 9.16. The molecule has 27 heavy (non-hydrogen) atoms. The number of nitrogens with zero attached hydrogens (tertiary/aromatic N) is 3.